The third-order valence-corrected chi connectivity index (χ3v) is 3.67. The topological polar surface area (TPSA) is 55.8 Å². The molecule has 4 nitrogen and oxygen atoms in total. The van der Waals surface area contributed by atoms with Crippen LogP contribution in [0.1, 0.15) is 27.7 Å². The monoisotopic (exact) mass is 230 g/mol. The first-order valence-electron chi connectivity index (χ1n) is 5.75. The molecular weight excluding hydrogens is 208 g/mol. The second-order valence-electron chi connectivity index (χ2n) is 5.01. The summed E-state index contributed by atoms with van der Waals surface area (Å²) in [7, 11) is 1.56. The maximum Gasteiger partial charge on any atom is 0.309 e. The highest BCUT2D eigenvalue weighted by Gasteiger charge is 2.66. The summed E-state index contributed by atoms with van der Waals surface area (Å²) >= 11 is 0. The van der Waals surface area contributed by atoms with Gasteiger partial charge in [0.2, 0.25) is 0 Å². The zero-order valence-electron chi connectivity index (χ0n) is 10.7. The van der Waals surface area contributed by atoms with Gasteiger partial charge in [-0.3, -0.25) is 4.79 Å². The summed E-state index contributed by atoms with van der Waals surface area (Å²) in [5.74, 6) is -0.485. The minimum Gasteiger partial charge on any atom is -0.466 e. The van der Waals surface area contributed by atoms with Crippen molar-refractivity contribution in [2.24, 2.45) is 17.3 Å². The number of carbonyl (C=O) groups is 1. The fourth-order valence-electron chi connectivity index (χ4n) is 2.43. The number of methoxy groups -OCH3 is 1. The largest absolute Gasteiger partial charge is 0.466 e. The Morgan fingerprint density at radius 1 is 1.50 bits per heavy atom. The normalized spacial score (nSPS) is 30.6. The molecule has 1 aliphatic carbocycles. The van der Waals surface area contributed by atoms with E-state index in [1.807, 2.05) is 13.8 Å². The molecular formula is C12H22O4. The second-order valence-corrected chi connectivity index (χ2v) is 5.01. The van der Waals surface area contributed by atoms with Crippen molar-refractivity contribution in [1.82, 2.24) is 0 Å². The van der Waals surface area contributed by atoms with Crippen molar-refractivity contribution < 1.29 is 19.4 Å². The van der Waals surface area contributed by atoms with Gasteiger partial charge in [-0.15, -0.1) is 0 Å². The van der Waals surface area contributed by atoms with Crippen LogP contribution in [0.2, 0.25) is 0 Å². The number of hydrogen-bond donors (Lipinski definition) is 1. The van der Waals surface area contributed by atoms with E-state index in [0.29, 0.717) is 6.61 Å². The molecule has 0 aromatic rings. The SMILES string of the molecule is CCOC(=O)C1C(C(O)C(C)OC)C1(C)C. The highest BCUT2D eigenvalue weighted by Crippen LogP contribution is 2.60. The summed E-state index contributed by atoms with van der Waals surface area (Å²) in [4.78, 5) is 11.7. The zero-order chi connectivity index (χ0) is 12.5. The first-order valence-corrected chi connectivity index (χ1v) is 5.75. The zero-order valence-corrected chi connectivity index (χ0v) is 10.7. The van der Waals surface area contributed by atoms with Gasteiger partial charge in [-0.1, -0.05) is 13.8 Å². The summed E-state index contributed by atoms with van der Waals surface area (Å²) in [6.45, 7) is 7.93. The number of hydrogen-bond acceptors (Lipinski definition) is 4. The maximum absolute atomic E-state index is 11.7. The van der Waals surface area contributed by atoms with E-state index >= 15 is 0 Å². The highest BCUT2D eigenvalue weighted by atomic mass is 16.5. The average Bonchev–Trinajstić information content (AvgIpc) is 2.79. The molecule has 4 heteroatoms. The predicted octanol–water partition coefficient (Wildman–Crippen LogP) is 1.22. The summed E-state index contributed by atoms with van der Waals surface area (Å²) < 4.78 is 10.1. The van der Waals surface area contributed by atoms with Crippen LogP contribution in [0.3, 0.4) is 0 Å². The van der Waals surface area contributed by atoms with Crippen molar-refractivity contribution in [2.45, 2.75) is 39.9 Å². The van der Waals surface area contributed by atoms with Crippen LogP contribution in [0.25, 0.3) is 0 Å². The predicted molar refractivity (Wildman–Crippen MR) is 59.9 cm³/mol. The number of aliphatic hydroxyl groups excluding tert-OH is 1. The molecule has 0 bridgehead atoms. The lowest BCUT2D eigenvalue weighted by molar-refractivity contribution is -0.146. The molecule has 0 heterocycles. The highest BCUT2D eigenvalue weighted by molar-refractivity contribution is 5.77. The van der Waals surface area contributed by atoms with E-state index in [0.717, 1.165) is 0 Å². The van der Waals surface area contributed by atoms with Crippen molar-refractivity contribution in [3.8, 4) is 0 Å². The lowest BCUT2D eigenvalue weighted by Gasteiger charge is -2.18. The van der Waals surface area contributed by atoms with Gasteiger partial charge in [0.05, 0.1) is 24.7 Å². The van der Waals surface area contributed by atoms with Crippen LogP contribution in [-0.2, 0) is 14.3 Å². The number of esters is 1. The Kier molecular flexibility index (Phi) is 3.97. The number of rotatable bonds is 5. The van der Waals surface area contributed by atoms with Crippen LogP contribution in [0.4, 0.5) is 0 Å². The van der Waals surface area contributed by atoms with Crippen LogP contribution in [0.5, 0.6) is 0 Å². The van der Waals surface area contributed by atoms with Crippen LogP contribution in [0, 0.1) is 17.3 Å². The van der Waals surface area contributed by atoms with E-state index < -0.39 is 6.10 Å². The van der Waals surface area contributed by atoms with E-state index in [2.05, 4.69) is 0 Å². The molecule has 0 aliphatic heterocycles. The third kappa shape index (κ3) is 2.23. The fraction of sp³-hybridized carbons (Fsp3) is 0.917. The molecule has 4 atom stereocenters. The maximum atomic E-state index is 11.7. The molecule has 1 rings (SSSR count). The van der Waals surface area contributed by atoms with E-state index in [-0.39, 0.29) is 29.3 Å². The minimum absolute atomic E-state index is 0.0681. The summed E-state index contributed by atoms with van der Waals surface area (Å²) in [6, 6.07) is 0. The van der Waals surface area contributed by atoms with Gasteiger partial charge < -0.3 is 14.6 Å². The molecule has 1 N–H and O–H groups in total. The quantitative estimate of drug-likeness (QED) is 0.721. The van der Waals surface area contributed by atoms with Gasteiger partial charge in [-0.25, -0.2) is 0 Å². The van der Waals surface area contributed by atoms with Crippen molar-refractivity contribution in [1.29, 1.82) is 0 Å². The summed E-state index contributed by atoms with van der Waals surface area (Å²) in [5.41, 5.74) is -0.196. The summed E-state index contributed by atoms with van der Waals surface area (Å²) in [5, 5.41) is 10.0. The summed E-state index contributed by atoms with van der Waals surface area (Å²) in [6.07, 6.45) is -0.877. The van der Waals surface area contributed by atoms with E-state index in [1.54, 1.807) is 21.0 Å². The Balaban J connectivity index is 2.66. The average molecular weight is 230 g/mol. The van der Waals surface area contributed by atoms with Gasteiger partial charge in [-0.05, 0) is 19.3 Å². The molecule has 0 amide bonds. The molecule has 0 radical (unpaired) electrons. The first kappa shape index (κ1) is 13.5. The van der Waals surface area contributed by atoms with Gasteiger partial charge in [0.15, 0.2) is 0 Å². The molecule has 1 aliphatic rings. The third-order valence-electron chi connectivity index (χ3n) is 3.67. The Bertz CT molecular complexity index is 262. The van der Waals surface area contributed by atoms with Crippen molar-refractivity contribution in [3.63, 3.8) is 0 Å². The van der Waals surface area contributed by atoms with Crippen LogP contribution < -0.4 is 0 Å². The Morgan fingerprint density at radius 3 is 2.50 bits per heavy atom. The molecule has 1 saturated carbocycles. The lowest BCUT2D eigenvalue weighted by atomic mass is 10.0. The van der Waals surface area contributed by atoms with Crippen LogP contribution in [0.15, 0.2) is 0 Å². The number of carbonyl (C=O) groups excluding carboxylic acids is 1. The smallest absolute Gasteiger partial charge is 0.309 e. The molecule has 0 aromatic carbocycles. The van der Waals surface area contributed by atoms with Gasteiger partial charge in [0.25, 0.3) is 0 Å². The van der Waals surface area contributed by atoms with Gasteiger partial charge >= 0.3 is 5.97 Å². The van der Waals surface area contributed by atoms with Crippen LogP contribution >= 0.6 is 0 Å². The first-order chi connectivity index (χ1) is 7.37. The van der Waals surface area contributed by atoms with Gasteiger partial charge in [-0.2, -0.15) is 0 Å². The molecule has 0 saturated heterocycles. The van der Waals surface area contributed by atoms with E-state index in [9.17, 15) is 9.90 Å². The molecule has 4 unspecified atom stereocenters. The van der Waals surface area contributed by atoms with Crippen molar-refractivity contribution in [3.05, 3.63) is 0 Å². The molecule has 0 aromatic heterocycles. The van der Waals surface area contributed by atoms with Gasteiger partial charge in [0.1, 0.15) is 0 Å². The molecule has 1 fully saturated rings. The fourth-order valence-corrected chi connectivity index (χ4v) is 2.43. The van der Waals surface area contributed by atoms with Crippen molar-refractivity contribution >= 4 is 5.97 Å². The lowest BCUT2D eigenvalue weighted by Crippen LogP contribution is -2.29. The molecule has 0 spiro atoms. The Morgan fingerprint density at radius 2 is 2.06 bits per heavy atom. The Labute approximate surface area is 96.9 Å². The van der Waals surface area contributed by atoms with E-state index in [4.69, 9.17) is 9.47 Å². The standard InChI is InChI=1S/C12H22O4/c1-6-16-11(14)9-8(12(9,3)4)10(13)7(2)15-5/h7-10,13H,6H2,1-5H3. The van der Waals surface area contributed by atoms with Crippen molar-refractivity contribution in [2.75, 3.05) is 13.7 Å². The number of aliphatic hydroxyl groups is 1. The van der Waals surface area contributed by atoms with Crippen LogP contribution in [-0.4, -0.2) is 37.0 Å². The Hall–Kier alpha value is -0.610. The minimum atomic E-state index is -0.616. The van der Waals surface area contributed by atoms with E-state index in [1.165, 1.54) is 0 Å². The number of ether oxygens (including phenoxy) is 2. The van der Waals surface area contributed by atoms with Gasteiger partial charge in [0, 0.05) is 13.0 Å². The molecule has 94 valence electrons. The second kappa shape index (κ2) is 4.72. The molecule has 16 heavy (non-hydrogen) atoms.